The van der Waals surface area contributed by atoms with Crippen molar-refractivity contribution in [3.63, 3.8) is 0 Å². The zero-order valence-electron chi connectivity index (χ0n) is 9.90. The van der Waals surface area contributed by atoms with Crippen molar-refractivity contribution in [3.8, 4) is 11.5 Å². The SMILES string of the molecule is CSC(C)CNC(C)c1ccc(O)cc1O. The molecule has 3 N–H and O–H groups in total. The lowest BCUT2D eigenvalue weighted by Gasteiger charge is -2.18. The fourth-order valence-electron chi connectivity index (χ4n) is 1.43. The second kappa shape index (κ2) is 6.01. The van der Waals surface area contributed by atoms with Gasteiger partial charge in [0.05, 0.1) is 0 Å². The fourth-order valence-corrected chi connectivity index (χ4v) is 1.70. The summed E-state index contributed by atoms with van der Waals surface area (Å²) in [6, 6.07) is 4.78. The van der Waals surface area contributed by atoms with E-state index in [0.29, 0.717) is 5.25 Å². The molecule has 4 heteroatoms. The molecule has 16 heavy (non-hydrogen) atoms. The molecular weight excluding hydrogens is 222 g/mol. The van der Waals surface area contributed by atoms with Crippen LogP contribution in [-0.4, -0.2) is 28.3 Å². The van der Waals surface area contributed by atoms with Gasteiger partial charge in [0.1, 0.15) is 11.5 Å². The predicted octanol–water partition coefficient (Wildman–Crippen LogP) is 2.50. The minimum Gasteiger partial charge on any atom is -0.508 e. The molecule has 0 saturated heterocycles. The van der Waals surface area contributed by atoms with Crippen LogP contribution in [0, 0.1) is 0 Å². The van der Waals surface area contributed by atoms with E-state index in [1.807, 2.05) is 6.92 Å². The summed E-state index contributed by atoms with van der Waals surface area (Å²) >= 11 is 1.80. The monoisotopic (exact) mass is 241 g/mol. The van der Waals surface area contributed by atoms with Crippen molar-refractivity contribution in [2.75, 3.05) is 12.8 Å². The van der Waals surface area contributed by atoms with E-state index in [-0.39, 0.29) is 17.5 Å². The zero-order chi connectivity index (χ0) is 12.1. The summed E-state index contributed by atoms with van der Waals surface area (Å²) in [7, 11) is 0. The molecule has 1 aromatic rings. The summed E-state index contributed by atoms with van der Waals surface area (Å²) in [6.45, 7) is 5.04. The summed E-state index contributed by atoms with van der Waals surface area (Å²) in [5.74, 6) is 0.225. The molecular formula is C12H19NO2S. The summed E-state index contributed by atoms with van der Waals surface area (Å²) in [4.78, 5) is 0. The maximum Gasteiger partial charge on any atom is 0.124 e. The Morgan fingerprint density at radius 2 is 2.00 bits per heavy atom. The first-order valence-electron chi connectivity index (χ1n) is 5.32. The number of phenols is 2. The minimum absolute atomic E-state index is 0.0789. The summed E-state index contributed by atoms with van der Waals surface area (Å²) in [6.07, 6.45) is 2.08. The van der Waals surface area contributed by atoms with Gasteiger partial charge in [0.25, 0.3) is 0 Å². The zero-order valence-corrected chi connectivity index (χ0v) is 10.7. The number of aromatic hydroxyl groups is 2. The normalized spacial score (nSPS) is 14.7. The quantitative estimate of drug-likeness (QED) is 0.741. The Morgan fingerprint density at radius 1 is 1.31 bits per heavy atom. The van der Waals surface area contributed by atoms with Crippen LogP contribution >= 0.6 is 11.8 Å². The summed E-state index contributed by atoms with van der Waals surface area (Å²) < 4.78 is 0. The van der Waals surface area contributed by atoms with Crippen molar-refractivity contribution in [2.24, 2.45) is 0 Å². The van der Waals surface area contributed by atoms with Gasteiger partial charge in [-0.3, -0.25) is 0 Å². The fraction of sp³-hybridized carbons (Fsp3) is 0.500. The Bertz CT molecular complexity index is 344. The van der Waals surface area contributed by atoms with Gasteiger partial charge in [0.2, 0.25) is 0 Å². The molecule has 90 valence electrons. The molecule has 0 aromatic heterocycles. The van der Waals surface area contributed by atoms with E-state index in [2.05, 4.69) is 18.5 Å². The Labute approximate surface area is 101 Å². The molecule has 0 saturated carbocycles. The molecule has 0 radical (unpaired) electrons. The van der Waals surface area contributed by atoms with Crippen molar-refractivity contribution in [1.82, 2.24) is 5.32 Å². The highest BCUT2D eigenvalue weighted by molar-refractivity contribution is 7.99. The van der Waals surface area contributed by atoms with Crippen LogP contribution in [0.2, 0.25) is 0 Å². The highest BCUT2D eigenvalue weighted by Gasteiger charge is 2.11. The van der Waals surface area contributed by atoms with Gasteiger partial charge in [-0.05, 0) is 19.2 Å². The Hall–Kier alpha value is -0.870. The van der Waals surface area contributed by atoms with Crippen LogP contribution in [-0.2, 0) is 0 Å². The van der Waals surface area contributed by atoms with Gasteiger partial charge in [-0.25, -0.2) is 0 Å². The number of nitrogens with one attached hydrogen (secondary N) is 1. The lowest BCUT2D eigenvalue weighted by atomic mass is 10.1. The Morgan fingerprint density at radius 3 is 2.56 bits per heavy atom. The van der Waals surface area contributed by atoms with E-state index in [9.17, 15) is 10.2 Å². The van der Waals surface area contributed by atoms with Crippen molar-refractivity contribution in [2.45, 2.75) is 25.1 Å². The molecule has 1 aromatic carbocycles. The second-order valence-electron chi connectivity index (χ2n) is 3.92. The largest absolute Gasteiger partial charge is 0.508 e. The molecule has 0 fully saturated rings. The highest BCUT2D eigenvalue weighted by Crippen LogP contribution is 2.27. The van der Waals surface area contributed by atoms with E-state index >= 15 is 0 Å². The van der Waals surface area contributed by atoms with Crippen LogP contribution in [0.25, 0.3) is 0 Å². The van der Waals surface area contributed by atoms with E-state index in [4.69, 9.17) is 0 Å². The molecule has 1 rings (SSSR count). The molecule has 2 atom stereocenters. The first-order chi connectivity index (χ1) is 7.54. The number of thioether (sulfide) groups is 1. The molecule has 0 amide bonds. The molecule has 0 bridgehead atoms. The Kier molecular flexibility index (Phi) is 4.96. The predicted molar refractivity (Wildman–Crippen MR) is 69.2 cm³/mol. The van der Waals surface area contributed by atoms with Crippen molar-refractivity contribution in [3.05, 3.63) is 23.8 Å². The van der Waals surface area contributed by atoms with Crippen LogP contribution in [0.3, 0.4) is 0 Å². The topological polar surface area (TPSA) is 52.5 Å². The van der Waals surface area contributed by atoms with Gasteiger partial charge in [0, 0.05) is 29.5 Å². The molecule has 0 aliphatic rings. The van der Waals surface area contributed by atoms with Crippen molar-refractivity contribution >= 4 is 11.8 Å². The standard InChI is InChI=1S/C12H19NO2S/c1-8(16-3)7-13-9(2)11-5-4-10(14)6-12(11)15/h4-6,8-9,13-15H,7H2,1-3H3. The van der Waals surface area contributed by atoms with Gasteiger partial charge in [0.15, 0.2) is 0 Å². The smallest absolute Gasteiger partial charge is 0.124 e. The third-order valence-corrected chi connectivity index (χ3v) is 3.57. The van der Waals surface area contributed by atoms with E-state index in [0.717, 1.165) is 12.1 Å². The average Bonchev–Trinajstić information content (AvgIpc) is 2.25. The Balaban J connectivity index is 2.62. The minimum atomic E-state index is 0.0789. The van der Waals surface area contributed by atoms with Gasteiger partial charge >= 0.3 is 0 Å². The van der Waals surface area contributed by atoms with Gasteiger partial charge in [-0.2, -0.15) is 11.8 Å². The molecule has 0 heterocycles. The molecule has 0 spiro atoms. The maximum absolute atomic E-state index is 9.68. The van der Waals surface area contributed by atoms with Gasteiger partial charge < -0.3 is 15.5 Å². The van der Waals surface area contributed by atoms with Gasteiger partial charge in [-0.15, -0.1) is 0 Å². The highest BCUT2D eigenvalue weighted by atomic mass is 32.2. The number of rotatable bonds is 5. The third kappa shape index (κ3) is 3.61. The van der Waals surface area contributed by atoms with E-state index in [1.54, 1.807) is 23.9 Å². The molecule has 2 unspecified atom stereocenters. The van der Waals surface area contributed by atoms with Crippen molar-refractivity contribution < 1.29 is 10.2 Å². The molecule has 3 nitrogen and oxygen atoms in total. The van der Waals surface area contributed by atoms with E-state index < -0.39 is 0 Å². The number of hydrogen-bond donors (Lipinski definition) is 3. The van der Waals surface area contributed by atoms with Crippen molar-refractivity contribution in [1.29, 1.82) is 0 Å². The maximum atomic E-state index is 9.68. The van der Waals surface area contributed by atoms with Crippen LogP contribution < -0.4 is 5.32 Å². The summed E-state index contributed by atoms with van der Waals surface area (Å²) in [5.41, 5.74) is 0.811. The second-order valence-corrected chi connectivity index (χ2v) is 5.20. The summed E-state index contributed by atoms with van der Waals surface area (Å²) in [5, 5.41) is 22.8. The van der Waals surface area contributed by atoms with Crippen LogP contribution in [0.15, 0.2) is 18.2 Å². The first kappa shape index (κ1) is 13.2. The number of hydrogen-bond acceptors (Lipinski definition) is 4. The molecule has 0 aliphatic carbocycles. The average molecular weight is 241 g/mol. The third-order valence-electron chi connectivity index (χ3n) is 2.59. The van der Waals surface area contributed by atoms with Crippen LogP contribution in [0.5, 0.6) is 11.5 Å². The number of phenolic OH excluding ortho intramolecular Hbond substituents is 2. The van der Waals surface area contributed by atoms with Crippen LogP contribution in [0.1, 0.15) is 25.5 Å². The van der Waals surface area contributed by atoms with Gasteiger partial charge in [-0.1, -0.05) is 13.0 Å². The number of benzene rings is 1. The first-order valence-corrected chi connectivity index (χ1v) is 6.61. The lowest BCUT2D eigenvalue weighted by molar-refractivity contribution is 0.436. The van der Waals surface area contributed by atoms with E-state index in [1.165, 1.54) is 6.07 Å². The molecule has 0 aliphatic heterocycles. The van der Waals surface area contributed by atoms with Crippen LogP contribution in [0.4, 0.5) is 0 Å². The lowest BCUT2D eigenvalue weighted by Crippen LogP contribution is -2.25.